The number of carbonyl (C=O) groups excluding carboxylic acids is 2. The van der Waals surface area contributed by atoms with Crippen LogP contribution in [-0.4, -0.2) is 63.5 Å². The topological polar surface area (TPSA) is 121 Å². The van der Waals surface area contributed by atoms with Crippen molar-refractivity contribution in [1.82, 2.24) is 15.0 Å². The van der Waals surface area contributed by atoms with Crippen LogP contribution in [0.1, 0.15) is 69.7 Å². The zero-order valence-electron chi connectivity index (χ0n) is 27.7. The lowest BCUT2D eigenvalue weighted by Crippen LogP contribution is -2.44. The first-order chi connectivity index (χ1) is 22.6. The van der Waals surface area contributed by atoms with Crippen LogP contribution in [0.4, 0.5) is 16.2 Å². The van der Waals surface area contributed by atoms with E-state index in [2.05, 4.69) is 37.2 Å². The Labute approximate surface area is 276 Å². The average molecular weight is 640 g/mol. The summed E-state index contributed by atoms with van der Waals surface area (Å²) in [5, 5.41) is 30.7. The number of allylic oxidation sites excluding steroid dienone is 4. The molecule has 0 aliphatic carbocycles. The van der Waals surface area contributed by atoms with E-state index in [1.165, 1.54) is 16.0 Å². The molecule has 2 aliphatic rings. The quantitative estimate of drug-likeness (QED) is 0.212. The third-order valence-electron chi connectivity index (χ3n) is 8.95. The molecule has 1 aromatic heterocycles. The van der Waals surface area contributed by atoms with Crippen LogP contribution in [0.3, 0.4) is 0 Å². The van der Waals surface area contributed by atoms with E-state index in [9.17, 15) is 19.8 Å². The van der Waals surface area contributed by atoms with Crippen molar-refractivity contribution in [3.05, 3.63) is 107 Å². The van der Waals surface area contributed by atoms with E-state index in [1.54, 1.807) is 21.7 Å². The Balaban J connectivity index is 1.32. The number of aromatic nitrogens is 3. The van der Waals surface area contributed by atoms with Crippen LogP contribution in [-0.2, 0) is 21.7 Å². The van der Waals surface area contributed by atoms with Crippen LogP contribution >= 0.6 is 0 Å². The van der Waals surface area contributed by atoms with Crippen LogP contribution in [0, 0.1) is 5.92 Å². The molecule has 2 aliphatic heterocycles. The number of hydrogen-bond donors (Lipinski definition) is 2. The second-order valence-corrected chi connectivity index (χ2v) is 12.6. The standard InChI is InChI=1S/C37H45N5O5/c1-26(2)11-10-12-27(3)18-20-42-34-17-16-30(41-21-22-47-36(41)45)23-32(34)37(46,35(42)44)28(4)13-8-9-19-40-24-33(38-39-40)31(25-43)29-14-6-5-7-15-29/h5-8,11,13-18,23-24,28,31,43,46H,9-10,12,19-22,25H2,1-4H3/b13-8+,27-18+/t28-,31?,37+/m0/s1. The molecular formula is C37H45N5O5. The van der Waals surface area contributed by atoms with Gasteiger partial charge in [-0.05, 0) is 63.8 Å². The summed E-state index contributed by atoms with van der Waals surface area (Å²) in [6.45, 7) is 9.55. The van der Waals surface area contributed by atoms with Crippen molar-refractivity contribution in [2.24, 2.45) is 5.92 Å². The van der Waals surface area contributed by atoms with Crippen molar-refractivity contribution in [3.63, 3.8) is 0 Å². The van der Waals surface area contributed by atoms with Crippen molar-refractivity contribution < 1.29 is 24.5 Å². The van der Waals surface area contributed by atoms with Crippen LogP contribution < -0.4 is 9.80 Å². The number of cyclic esters (lactones) is 1. The summed E-state index contributed by atoms with van der Waals surface area (Å²) >= 11 is 0. The van der Waals surface area contributed by atoms with Gasteiger partial charge in [0.25, 0.3) is 5.91 Å². The highest BCUT2D eigenvalue weighted by atomic mass is 16.6. The Morgan fingerprint density at radius 3 is 2.57 bits per heavy atom. The Hall–Kier alpha value is -4.54. The molecule has 2 N–H and O–H groups in total. The minimum absolute atomic E-state index is 0.0723. The van der Waals surface area contributed by atoms with Gasteiger partial charge in [0.1, 0.15) is 6.61 Å². The van der Waals surface area contributed by atoms with Crippen molar-refractivity contribution in [2.75, 3.05) is 36.1 Å². The molecule has 1 fully saturated rings. The highest BCUT2D eigenvalue weighted by Gasteiger charge is 2.52. The average Bonchev–Trinajstić information content (AvgIpc) is 3.76. The van der Waals surface area contributed by atoms with E-state index in [4.69, 9.17) is 4.74 Å². The van der Waals surface area contributed by atoms with Gasteiger partial charge >= 0.3 is 6.09 Å². The number of anilines is 2. The zero-order valence-corrected chi connectivity index (χ0v) is 27.7. The summed E-state index contributed by atoms with van der Waals surface area (Å²) in [6, 6.07) is 15.1. The molecule has 248 valence electrons. The summed E-state index contributed by atoms with van der Waals surface area (Å²) in [6.07, 6.45) is 11.9. The highest BCUT2D eigenvalue weighted by molar-refractivity contribution is 6.08. The van der Waals surface area contributed by atoms with Gasteiger partial charge in [-0.3, -0.25) is 14.4 Å². The maximum absolute atomic E-state index is 14.1. The van der Waals surface area contributed by atoms with Crippen molar-refractivity contribution in [3.8, 4) is 0 Å². The molecule has 2 aromatic carbocycles. The third-order valence-corrected chi connectivity index (χ3v) is 8.95. The van der Waals surface area contributed by atoms with Gasteiger partial charge < -0.3 is 19.8 Å². The fraction of sp³-hybridized carbons (Fsp3) is 0.405. The maximum atomic E-state index is 14.1. The number of ether oxygens (including phenoxy) is 1. The number of fused-ring (bicyclic) bond motifs is 1. The SMILES string of the molecule is CC(C)=CCC/C(C)=C/CN1C(=O)[C@@](O)([C@@H](C)/C=C/CCn2cc(C(CO)c3ccccc3)nn2)c2cc(N3CCOC3=O)ccc21. The number of nitrogens with zero attached hydrogens (tertiary/aromatic N) is 5. The number of amides is 2. The predicted molar refractivity (Wildman–Crippen MR) is 182 cm³/mol. The van der Waals surface area contributed by atoms with Gasteiger partial charge in [-0.15, -0.1) is 5.10 Å². The summed E-state index contributed by atoms with van der Waals surface area (Å²) in [7, 11) is 0. The van der Waals surface area contributed by atoms with E-state index in [0.717, 1.165) is 18.4 Å². The van der Waals surface area contributed by atoms with E-state index < -0.39 is 23.5 Å². The Bertz CT molecular complexity index is 1660. The van der Waals surface area contributed by atoms with Crippen molar-refractivity contribution in [2.45, 2.75) is 65.0 Å². The summed E-state index contributed by atoms with van der Waals surface area (Å²) in [5.74, 6) is -1.21. The lowest BCUT2D eigenvalue weighted by molar-refractivity contribution is -0.139. The minimum atomic E-state index is -1.82. The molecule has 2 amide bonds. The summed E-state index contributed by atoms with van der Waals surface area (Å²) < 4.78 is 6.87. The van der Waals surface area contributed by atoms with Crippen LogP contribution in [0.25, 0.3) is 0 Å². The maximum Gasteiger partial charge on any atom is 0.414 e. The van der Waals surface area contributed by atoms with Gasteiger partial charge in [0.15, 0.2) is 5.60 Å². The number of aryl methyl sites for hydroxylation is 1. The summed E-state index contributed by atoms with van der Waals surface area (Å²) in [4.78, 5) is 29.6. The lowest BCUT2D eigenvalue weighted by Gasteiger charge is -2.28. The normalized spacial score (nSPS) is 19.3. The molecule has 0 spiro atoms. The minimum Gasteiger partial charge on any atom is -0.447 e. The first-order valence-electron chi connectivity index (χ1n) is 16.3. The first kappa shape index (κ1) is 33.8. The van der Waals surface area contributed by atoms with E-state index in [1.807, 2.05) is 67.7 Å². The van der Waals surface area contributed by atoms with Crippen molar-refractivity contribution in [1.29, 1.82) is 0 Å². The van der Waals surface area contributed by atoms with Gasteiger partial charge in [-0.2, -0.15) is 0 Å². The summed E-state index contributed by atoms with van der Waals surface area (Å²) in [5.41, 5.74) is 3.98. The number of aliphatic hydroxyl groups excluding tert-OH is 1. The zero-order chi connectivity index (χ0) is 33.6. The number of benzene rings is 2. The number of hydrogen-bond acceptors (Lipinski definition) is 7. The number of aliphatic hydroxyl groups is 2. The largest absolute Gasteiger partial charge is 0.447 e. The molecule has 0 radical (unpaired) electrons. The molecule has 3 atom stereocenters. The number of rotatable bonds is 14. The molecular weight excluding hydrogens is 594 g/mol. The monoisotopic (exact) mass is 639 g/mol. The van der Waals surface area contributed by atoms with Crippen LogP contribution in [0.15, 0.2) is 90.2 Å². The van der Waals surface area contributed by atoms with Crippen LogP contribution in [0.2, 0.25) is 0 Å². The molecule has 1 unspecified atom stereocenters. The molecule has 10 heteroatoms. The van der Waals surface area contributed by atoms with Crippen LogP contribution in [0.5, 0.6) is 0 Å². The molecule has 47 heavy (non-hydrogen) atoms. The predicted octanol–water partition coefficient (Wildman–Crippen LogP) is 5.87. The lowest BCUT2D eigenvalue weighted by atomic mass is 9.82. The second-order valence-electron chi connectivity index (χ2n) is 12.6. The fourth-order valence-corrected chi connectivity index (χ4v) is 6.13. The molecule has 3 aromatic rings. The molecule has 0 bridgehead atoms. The Morgan fingerprint density at radius 1 is 1.09 bits per heavy atom. The van der Waals surface area contributed by atoms with Gasteiger partial charge in [0, 0.05) is 36.5 Å². The van der Waals surface area contributed by atoms with Gasteiger partial charge in [-0.25, -0.2) is 4.79 Å². The van der Waals surface area contributed by atoms with Gasteiger partial charge in [-0.1, -0.05) is 77.9 Å². The van der Waals surface area contributed by atoms with E-state index >= 15 is 0 Å². The molecule has 1 saturated heterocycles. The van der Waals surface area contributed by atoms with Gasteiger partial charge in [0.05, 0.1) is 30.5 Å². The van der Waals surface area contributed by atoms with Crippen molar-refractivity contribution >= 4 is 23.4 Å². The second kappa shape index (κ2) is 14.9. The third kappa shape index (κ3) is 7.39. The Kier molecular flexibility index (Phi) is 10.7. The first-order valence-corrected chi connectivity index (χ1v) is 16.3. The van der Waals surface area contributed by atoms with Gasteiger partial charge in [0.2, 0.25) is 0 Å². The highest BCUT2D eigenvalue weighted by Crippen LogP contribution is 2.47. The smallest absolute Gasteiger partial charge is 0.414 e. The number of carbonyl (C=O) groups is 2. The molecule has 5 rings (SSSR count). The fourth-order valence-electron chi connectivity index (χ4n) is 6.13. The Morgan fingerprint density at radius 2 is 1.87 bits per heavy atom. The van der Waals surface area contributed by atoms with E-state index in [0.29, 0.717) is 55.3 Å². The molecule has 3 heterocycles. The van der Waals surface area contributed by atoms with E-state index in [-0.39, 0.29) is 12.5 Å². The molecule has 0 saturated carbocycles. The molecule has 10 nitrogen and oxygen atoms in total.